The molecule has 0 fully saturated rings. The van der Waals surface area contributed by atoms with Crippen LogP contribution >= 0.6 is 11.8 Å². The highest BCUT2D eigenvalue weighted by molar-refractivity contribution is 7.99. The first-order valence-corrected chi connectivity index (χ1v) is 9.06. The molecule has 2 rings (SSSR count). The standard InChI is InChI=1S/C18H27NOS/c1-3-5-6-7-8-11-15(19-4-2)17-14-21-18-13-10-9-12-16(18)20-17/h3,9-10,12-13,15,17,19H,1,4-8,11,14H2,2H3. The molecule has 0 amide bonds. The monoisotopic (exact) mass is 305 g/mol. The number of likely N-dealkylation sites (N-methyl/N-ethyl adjacent to an activating group) is 1. The van der Waals surface area contributed by atoms with E-state index in [0.29, 0.717) is 6.04 Å². The zero-order chi connectivity index (χ0) is 14.9. The third-order valence-corrected chi connectivity index (χ3v) is 5.01. The second-order valence-electron chi connectivity index (χ2n) is 5.50. The van der Waals surface area contributed by atoms with Crippen LogP contribution in [0.15, 0.2) is 41.8 Å². The van der Waals surface area contributed by atoms with Crippen LogP contribution in [-0.2, 0) is 0 Å². The number of allylic oxidation sites excluding steroid dienone is 1. The van der Waals surface area contributed by atoms with Crippen LogP contribution in [0.3, 0.4) is 0 Å². The van der Waals surface area contributed by atoms with E-state index in [1.165, 1.54) is 30.6 Å². The predicted molar refractivity (Wildman–Crippen MR) is 92.3 cm³/mol. The Kier molecular flexibility index (Phi) is 7.17. The highest BCUT2D eigenvalue weighted by Crippen LogP contribution is 2.36. The number of ether oxygens (including phenoxy) is 1. The molecule has 1 aromatic rings. The number of fused-ring (bicyclic) bond motifs is 1. The van der Waals surface area contributed by atoms with Gasteiger partial charge in [-0.3, -0.25) is 0 Å². The van der Waals surface area contributed by atoms with Crippen LogP contribution in [0.5, 0.6) is 5.75 Å². The fourth-order valence-electron chi connectivity index (χ4n) is 2.75. The molecule has 0 saturated heterocycles. The molecule has 0 aromatic heterocycles. The van der Waals surface area contributed by atoms with Crippen molar-refractivity contribution < 1.29 is 4.74 Å². The van der Waals surface area contributed by atoms with Crippen molar-refractivity contribution in [2.45, 2.75) is 56.1 Å². The Morgan fingerprint density at radius 2 is 2.24 bits per heavy atom. The van der Waals surface area contributed by atoms with E-state index in [1.807, 2.05) is 17.8 Å². The number of nitrogens with one attached hydrogen (secondary N) is 1. The number of hydrogen-bond donors (Lipinski definition) is 1. The van der Waals surface area contributed by atoms with Crippen molar-refractivity contribution in [3.8, 4) is 5.75 Å². The van der Waals surface area contributed by atoms with Gasteiger partial charge in [0, 0.05) is 16.7 Å². The van der Waals surface area contributed by atoms with Gasteiger partial charge < -0.3 is 10.1 Å². The van der Waals surface area contributed by atoms with Crippen LogP contribution < -0.4 is 10.1 Å². The predicted octanol–water partition coefficient (Wildman–Crippen LogP) is 4.65. The summed E-state index contributed by atoms with van der Waals surface area (Å²) >= 11 is 1.92. The normalized spacial score (nSPS) is 18.6. The van der Waals surface area contributed by atoms with Crippen LogP contribution in [0.2, 0.25) is 0 Å². The summed E-state index contributed by atoms with van der Waals surface area (Å²) in [5, 5.41) is 3.62. The number of thioether (sulfide) groups is 1. The minimum Gasteiger partial charge on any atom is -0.487 e. The fourth-order valence-corrected chi connectivity index (χ4v) is 3.82. The van der Waals surface area contributed by atoms with E-state index in [4.69, 9.17) is 4.74 Å². The Balaban J connectivity index is 1.85. The maximum atomic E-state index is 6.23. The van der Waals surface area contributed by atoms with Gasteiger partial charge in [0.05, 0.1) is 0 Å². The van der Waals surface area contributed by atoms with Crippen molar-refractivity contribution in [2.75, 3.05) is 12.3 Å². The van der Waals surface area contributed by atoms with Crippen molar-refractivity contribution >= 4 is 11.8 Å². The van der Waals surface area contributed by atoms with Crippen LogP contribution in [0, 0.1) is 0 Å². The lowest BCUT2D eigenvalue weighted by Gasteiger charge is -2.32. The van der Waals surface area contributed by atoms with Gasteiger partial charge in [-0.1, -0.05) is 38.0 Å². The highest BCUT2D eigenvalue weighted by atomic mass is 32.2. The second kappa shape index (κ2) is 9.16. The lowest BCUT2D eigenvalue weighted by molar-refractivity contribution is 0.160. The molecular formula is C18H27NOS. The summed E-state index contributed by atoms with van der Waals surface area (Å²) in [6.07, 6.45) is 8.42. The third-order valence-electron chi connectivity index (χ3n) is 3.87. The van der Waals surface area contributed by atoms with E-state index in [9.17, 15) is 0 Å². The van der Waals surface area contributed by atoms with Crippen LogP contribution in [-0.4, -0.2) is 24.4 Å². The molecule has 1 N–H and O–H groups in total. The molecule has 0 spiro atoms. The first-order chi connectivity index (χ1) is 10.3. The minimum absolute atomic E-state index is 0.282. The molecule has 0 aliphatic carbocycles. The Bertz CT molecular complexity index is 435. The number of benzene rings is 1. The molecule has 0 radical (unpaired) electrons. The molecule has 3 heteroatoms. The first-order valence-electron chi connectivity index (χ1n) is 8.08. The van der Waals surface area contributed by atoms with Gasteiger partial charge in [0.1, 0.15) is 11.9 Å². The van der Waals surface area contributed by atoms with Gasteiger partial charge in [-0.05, 0) is 37.9 Å². The molecule has 1 aliphatic rings. The van der Waals surface area contributed by atoms with Crippen molar-refractivity contribution in [1.82, 2.24) is 5.32 Å². The summed E-state index contributed by atoms with van der Waals surface area (Å²) in [4.78, 5) is 1.27. The average molecular weight is 305 g/mol. The molecule has 0 saturated carbocycles. The number of rotatable bonds is 9. The molecule has 1 aliphatic heterocycles. The van der Waals surface area contributed by atoms with E-state index in [2.05, 4.69) is 43.1 Å². The van der Waals surface area contributed by atoms with E-state index < -0.39 is 0 Å². The van der Waals surface area contributed by atoms with Crippen LogP contribution in [0.1, 0.15) is 39.0 Å². The molecule has 1 aromatic carbocycles. The zero-order valence-electron chi connectivity index (χ0n) is 13.0. The smallest absolute Gasteiger partial charge is 0.133 e. The van der Waals surface area contributed by atoms with Gasteiger partial charge in [0.15, 0.2) is 0 Å². The van der Waals surface area contributed by atoms with Gasteiger partial charge in [0.25, 0.3) is 0 Å². The molecule has 2 atom stereocenters. The minimum atomic E-state index is 0.282. The molecule has 2 nitrogen and oxygen atoms in total. The second-order valence-corrected chi connectivity index (χ2v) is 6.57. The lowest BCUT2D eigenvalue weighted by Crippen LogP contribution is -2.45. The SMILES string of the molecule is C=CCCCCCC(NCC)C1CSc2ccccc2O1. The summed E-state index contributed by atoms with van der Waals surface area (Å²) in [5.41, 5.74) is 0. The Labute approximate surface area is 133 Å². The van der Waals surface area contributed by atoms with E-state index in [-0.39, 0.29) is 6.10 Å². The summed E-state index contributed by atoms with van der Waals surface area (Å²) in [7, 11) is 0. The van der Waals surface area contributed by atoms with E-state index in [0.717, 1.165) is 24.5 Å². The molecule has 0 bridgehead atoms. The lowest BCUT2D eigenvalue weighted by atomic mass is 10.0. The summed E-state index contributed by atoms with van der Waals surface area (Å²) < 4.78 is 6.23. The molecule has 1 heterocycles. The number of unbranched alkanes of at least 4 members (excludes halogenated alkanes) is 3. The molecule has 2 unspecified atom stereocenters. The van der Waals surface area contributed by atoms with Gasteiger partial charge in [-0.15, -0.1) is 18.3 Å². The summed E-state index contributed by atoms with van der Waals surface area (Å²) in [6, 6.07) is 8.82. The van der Waals surface area contributed by atoms with E-state index in [1.54, 1.807) is 0 Å². The summed E-state index contributed by atoms with van der Waals surface area (Å²) in [6.45, 7) is 6.96. The molecular weight excluding hydrogens is 278 g/mol. The van der Waals surface area contributed by atoms with Gasteiger partial charge in [-0.25, -0.2) is 0 Å². The first kappa shape index (κ1) is 16.4. The van der Waals surface area contributed by atoms with Crippen LogP contribution in [0.25, 0.3) is 0 Å². The van der Waals surface area contributed by atoms with E-state index >= 15 is 0 Å². The highest BCUT2D eigenvalue weighted by Gasteiger charge is 2.27. The van der Waals surface area contributed by atoms with Gasteiger partial charge >= 0.3 is 0 Å². The molecule has 116 valence electrons. The number of para-hydroxylation sites is 1. The largest absolute Gasteiger partial charge is 0.487 e. The average Bonchev–Trinajstić information content (AvgIpc) is 2.53. The van der Waals surface area contributed by atoms with Crippen LogP contribution in [0.4, 0.5) is 0 Å². The van der Waals surface area contributed by atoms with Crippen molar-refractivity contribution in [2.24, 2.45) is 0 Å². The Hall–Kier alpha value is -0.930. The number of hydrogen-bond acceptors (Lipinski definition) is 3. The summed E-state index contributed by atoms with van der Waals surface area (Å²) in [5.74, 6) is 2.09. The van der Waals surface area contributed by atoms with Gasteiger partial charge in [0.2, 0.25) is 0 Å². The Morgan fingerprint density at radius 1 is 1.38 bits per heavy atom. The maximum absolute atomic E-state index is 6.23. The zero-order valence-corrected chi connectivity index (χ0v) is 13.8. The van der Waals surface area contributed by atoms with Gasteiger partial charge in [-0.2, -0.15) is 0 Å². The van der Waals surface area contributed by atoms with Crippen molar-refractivity contribution in [1.29, 1.82) is 0 Å². The fraction of sp³-hybridized carbons (Fsp3) is 0.556. The van der Waals surface area contributed by atoms with Crippen molar-refractivity contribution in [3.05, 3.63) is 36.9 Å². The Morgan fingerprint density at radius 3 is 3.05 bits per heavy atom. The molecule has 21 heavy (non-hydrogen) atoms. The topological polar surface area (TPSA) is 21.3 Å². The quantitative estimate of drug-likeness (QED) is 0.530. The van der Waals surface area contributed by atoms with Crippen molar-refractivity contribution in [3.63, 3.8) is 0 Å². The third kappa shape index (κ3) is 5.08. The maximum Gasteiger partial charge on any atom is 0.133 e.